The van der Waals surface area contributed by atoms with Gasteiger partial charge in [-0.05, 0) is 24.5 Å². The highest BCUT2D eigenvalue weighted by molar-refractivity contribution is 6.06. The van der Waals surface area contributed by atoms with E-state index >= 15 is 0 Å². The van der Waals surface area contributed by atoms with Crippen LogP contribution in [0.4, 0.5) is 5.69 Å². The number of amides is 1. The van der Waals surface area contributed by atoms with Gasteiger partial charge in [-0.15, -0.1) is 0 Å². The Hall–Kier alpha value is -2.28. The second-order valence-electron chi connectivity index (χ2n) is 8.46. The van der Waals surface area contributed by atoms with Crippen LogP contribution >= 0.6 is 0 Å². The number of rotatable bonds is 6. The summed E-state index contributed by atoms with van der Waals surface area (Å²) in [6.07, 6.45) is 6.76. The van der Waals surface area contributed by atoms with E-state index < -0.39 is 5.54 Å². The highest BCUT2D eigenvalue weighted by atomic mass is 16.5. The van der Waals surface area contributed by atoms with Crippen LogP contribution in [0, 0.1) is 5.92 Å². The zero-order valence-electron chi connectivity index (χ0n) is 17.3. The average Bonchev–Trinajstić information content (AvgIpc) is 2.98. The maximum atomic E-state index is 13.1. The van der Waals surface area contributed by atoms with Gasteiger partial charge in [0.25, 0.3) is 5.91 Å². The first-order chi connectivity index (χ1) is 14.1. The van der Waals surface area contributed by atoms with Crippen LogP contribution in [0.1, 0.15) is 38.5 Å². The summed E-state index contributed by atoms with van der Waals surface area (Å²) in [4.78, 5) is 21.5. The van der Waals surface area contributed by atoms with Crippen molar-refractivity contribution >= 4 is 17.6 Å². The molecule has 1 aromatic rings. The molecule has 2 N–H and O–H groups in total. The molecule has 29 heavy (non-hydrogen) atoms. The zero-order valence-corrected chi connectivity index (χ0v) is 17.3. The molecule has 0 aromatic heterocycles. The summed E-state index contributed by atoms with van der Waals surface area (Å²) in [5.74, 6) is 1.49. The summed E-state index contributed by atoms with van der Waals surface area (Å²) in [6, 6.07) is 8.05. The molecule has 1 unspecified atom stereocenters. The molecule has 0 radical (unpaired) electrons. The van der Waals surface area contributed by atoms with Crippen LogP contribution in [0.2, 0.25) is 0 Å². The lowest BCUT2D eigenvalue weighted by Crippen LogP contribution is -2.47. The second-order valence-corrected chi connectivity index (χ2v) is 8.46. The van der Waals surface area contributed by atoms with Gasteiger partial charge in [0.05, 0.1) is 13.2 Å². The normalized spacial score (nSPS) is 26.0. The van der Waals surface area contributed by atoms with Gasteiger partial charge >= 0.3 is 0 Å². The minimum atomic E-state index is -0.907. The summed E-state index contributed by atoms with van der Waals surface area (Å²) in [7, 11) is 1.70. The van der Waals surface area contributed by atoms with E-state index in [1.165, 1.54) is 24.2 Å². The second kappa shape index (κ2) is 8.61. The maximum absolute atomic E-state index is 13.1. The highest BCUT2D eigenvalue weighted by Crippen LogP contribution is 2.36. The molecular formula is C22H32N4O3. The first-order valence-corrected chi connectivity index (χ1v) is 10.8. The van der Waals surface area contributed by atoms with Crippen molar-refractivity contribution < 1.29 is 14.3 Å². The third kappa shape index (κ3) is 4.34. The molecule has 1 saturated carbocycles. The monoisotopic (exact) mass is 400 g/mol. The average molecular weight is 401 g/mol. The van der Waals surface area contributed by atoms with Crippen molar-refractivity contribution in [2.24, 2.45) is 16.6 Å². The van der Waals surface area contributed by atoms with E-state index in [0.717, 1.165) is 50.6 Å². The fourth-order valence-electron chi connectivity index (χ4n) is 4.71. The molecule has 158 valence electrons. The number of benzene rings is 1. The van der Waals surface area contributed by atoms with E-state index in [2.05, 4.69) is 16.0 Å². The van der Waals surface area contributed by atoms with Crippen molar-refractivity contribution in [1.29, 1.82) is 0 Å². The third-order valence-corrected chi connectivity index (χ3v) is 6.40. The lowest BCUT2D eigenvalue weighted by atomic mass is 9.79. The Balaban J connectivity index is 1.49. The molecule has 0 bridgehead atoms. The Bertz CT molecular complexity index is 756. The van der Waals surface area contributed by atoms with Crippen LogP contribution in [0.3, 0.4) is 0 Å². The number of guanidine groups is 1. The third-order valence-electron chi connectivity index (χ3n) is 6.40. The number of ether oxygens (including phenoxy) is 2. The fraction of sp³-hybridized carbons (Fsp3) is 0.636. The van der Waals surface area contributed by atoms with Crippen molar-refractivity contribution in [3.8, 4) is 5.75 Å². The fourth-order valence-corrected chi connectivity index (χ4v) is 4.71. The SMILES string of the molecule is CN1C(=O)C(COc2cccc(N3CCOCC3)c2)(CC2CCCCC2)N=C1N. The van der Waals surface area contributed by atoms with Crippen LogP contribution < -0.4 is 15.4 Å². The molecule has 1 atom stereocenters. The van der Waals surface area contributed by atoms with Crippen LogP contribution in [0.5, 0.6) is 5.75 Å². The number of likely N-dealkylation sites (N-methyl/N-ethyl adjacent to an activating group) is 1. The summed E-state index contributed by atoms with van der Waals surface area (Å²) >= 11 is 0. The molecule has 3 aliphatic rings. The minimum absolute atomic E-state index is 0.0510. The quantitative estimate of drug-likeness (QED) is 0.793. The van der Waals surface area contributed by atoms with Gasteiger partial charge in [0.1, 0.15) is 12.4 Å². The molecule has 2 fully saturated rings. The van der Waals surface area contributed by atoms with Gasteiger partial charge in [-0.25, -0.2) is 4.99 Å². The molecule has 1 aromatic carbocycles. The predicted molar refractivity (Wildman–Crippen MR) is 113 cm³/mol. The summed E-state index contributed by atoms with van der Waals surface area (Å²) in [6.45, 7) is 3.45. The number of carbonyl (C=O) groups is 1. The molecule has 1 amide bonds. The van der Waals surface area contributed by atoms with Crippen LogP contribution in [-0.4, -0.2) is 62.3 Å². The first kappa shape index (κ1) is 20.0. The number of hydrogen-bond donors (Lipinski definition) is 1. The van der Waals surface area contributed by atoms with E-state index in [9.17, 15) is 4.79 Å². The van der Waals surface area contributed by atoms with Crippen molar-refractivity contribution in [3.63, 3.8) is 0 Å². The molecule has 2 heterocycles. The number of aliphatic imine (C=N–C) groups is 1. The Labute approximate surface area is 172 Å². The predicted octanol–water partition coefficient (Wildman–Crippen LogP) is 2.40. The molecule has 2 aliphatic heterocycles. The Kier molecular flexibility index (Phi) is 5.94. The molecule has 0 spiro atoms. The molecule has 4 rings (SSSR count). The lowest BCUT2D eigenvalue weighted by molar-refractivity contribution is -0.132. The van der Waals surface area contributed by atoms with E-state index in [0.29, 0.717) is 12.3 Å². The summed E-state index contributed by atoms with van der Waals surface area (Å²) < 4.78 is 11.6. The molecule has 7 nitrogen and oxygen atoms in total. The standard InChI is InChI=1S/C22H32N4O3/c1-25-20(27)22(24-21(25)23,15-17-6-3-2-4-7-17)16-29-19-9-5-8-18(14-19)26-10-12-28-13-11-26/h5,8-9,14,17H,2-4,6-7,10-13,15-16H2,1H3,(H2,23,24). The van der Waals surface area contributed by atoms with Gasteiger partial charge in [0, 0.05) is 31.9 Å². The Morgan fingerprint density at radius 1 is 1.24 bits per heavy atom. The van der Waals surface area contributed by atoms with Gasteiger partial charge in [-0.2, -0.15) is 0 Å². The highest BCUT2D eigenvalue weighted by Gasteiger charge is 2.48. The topological polar surface area (TPSA) is 80.4 Å². The van der Waals surface area contributed by atoms with Crippen molar-refractivity contribution in [2.75, 3.05) is 44.9 Å². The maximum Gasteiger partial charge on any atom is 0.260 e. The Morgan fingerprint density at radius 2 is 2.00 bits per heavy atom. The van der Waals surface area contributed by atoms with Gasteiger partial charge < -0.3 is 20.1 Å². The Morgan fingerprint density at radius 3 is 2.69 bits per heavy atom. The van der Waals surface area contributed by atoms with Crippen molar-refractivity contribution in [2.45, 2.75) is 44.1 Å². The largest absolute Gasteiger partial charge is 0.490 e. The van der Waals surface area contributed by atoms with E-state index in [4.69, 9.17) is 15.2 Å². The van der Waals surface area contributed by atoms with Crippen LogP contribution in [0.15, 0.2) is 29.3 Å². The lowest BCUT2D eigenvalue weighted by Gasteiger charge is -2.31. The van der Waals surface area contributed by atoms with E-state index in [1.807, 2.05) is 18.2 Å². The van der Waals surface area contributed by atoms with Gasteiger partial charge in [-0.1, -0.05) is 38.2 Å². The van der Waals surface area contributed by atoms with Crippen molar-refractivity contribution in [3.05, 3.63) is 24.3 Å². The smallest absolute Gasteiger partial charge is 0.260 e. The number of hydrogen-bond acceptors (Lipinski definition) is 6. The summed E-state index contributed by atoms with van der Waals surface area (Å²) in [5.41, 5.74) is 6.23. The van der Waals surface area contributed by atoms with Crippen LogP contribution in [-0.2, 0) is 9.53 Å². The summed E-state index contributed by atoms with van der Waals surface area (Å²) in [5, 5.41) is 0. The first-order valence-electron chi connectivity index (χ1n) is 10.8. The zero-order chi connectivity index (χ0) is 20.3. The molecule has 7 heteroatoms. The number of anilines is 1. The minimum Gasteiger partial charge on any atom is -0.490 e. The van der Waals surface area contributed by atoms with Gasteiger partial charge in [0.2, 0.25) is 0 Å². The van der Waals surface area contributed by atoms with Gasteiger partial charge in [0.15, 0.2) is 11.5 Å². The van der Waals surface area contributed by atoms with E-state index in [-0.39, 0.29) is 18.5 Å². The van der Waals surface area contributed by atoms with Crippen molar-refractivity contribution in [1.82, 2.24) is 4.90 Å². The number of morpholine rings is 1. The molecule has 1 aliphatic carbocycles. The van der Waals surface area contributed by atoms with Gasteiger partial charge in [-0.3, -0.25) is 9.69 Å². The van der Waals surface area contributed by atoms with Crippen LogP contribution in [0.25, 0.3) is 0 Å². The molecular weight excluding hydrogens is 368 g/mol. The number of carbonyl (C=O) groups excluding carboxylic acids is 1. The molecule has 1 saturated heterocycles. The number of nitrogens with two attached hydrogens (primary N) is 1. The van der Waals surface area contributed by atoms with E-state index in [1.54, 1.807) is 7.05 Å². The number of nitrogens with zero attached hydrogens (tertiary/aromatic N) is 3.